The number of aryl methyl sites for hydroxylation is 2. The molecule has 0 aliphatic carbocycles. The van der Waals surface area contributed by atoms with Crippen molar-refractivity contribution in [2.45, 2.75) is 24.0 Å². The normalized spacial score (nSPS) is 11.7. The highest BCUT2D eigenvalue weighted by atomic mass is 32.2. The minimum atomic E-state index is -0.558. The van der Waals surface area contributed by atoms with Crippen LogP contribution in [0.2, 0.25) is 0 Å². The summed E-state index contributed by atoms with van der Waals surface area (Å²) in [5, 5.41) is 8.26. The van der Waals surface area contributed by atoms with E-state index in [-0.39, 0.29) is 11.6 Å². The average molecular weight is 642 g/mol. The van der Waals surface area contributed by atoms with Crippen molar-refractivity contribution in [3.05, 3.63) is 161 Å². The van der Waals surface area contributed by atoms with Crippen molar-refractivity contribution < 1.29 is 19.1 Å². The summed E-state index contributed by atoms with van der Waals surface area (Å²) in [6, 6.07) is 38.6. The first-order valence-corrected chi connectivity index (χ1v) is 15.9. The molecule has 8 heteroatoms. The molecular formula is C39H35N3O4S. The first-order chi connectivity index (χ1) is 22.8. The van der Waals surface area contributed by atoms with Crippen molar-refractivity contribution in [3.63, 3.8) is 0 Å². The molecule has 0 fully saturated rings. The number of para-hydroxylation sites is 1. The lowest BCUT2D eigenvalue weighted by Crippen LogP contribution is -2.30. The summed E-state index contributed by atoms with van der Waals surface area (Å²) in [5.74, 6) is -0.390. The van der Waals surface area contributed by atoms with Crippen LogP contribution < -0.4 is 20.7 Å². The van der Waals surface area contributed by atoms with Crippen LogP contribution in [0.1, 0.15) is 37.9 Å². The summed E-state index contributed by atoms with van der Waals surface area (Å²) >= 11 is 1.38. The van der Waals surface area contributed by atoms with Gasteiger partial charge in [-0.15, -0.1) is 11.8 Å². The molecule has 3 amide bonds. The monoisotopic (exact) mass is 641 g/mol. The molecule has 0 saturated heterocycles. The summed E-state index contributed by atoms with van der Waals surface area (Å²) in [7, 11) is 1.58. The molecule has 236 valence electrons. The first-order valence-electron chi connectivity index (χ1n) is 15.0. The minimum absolute atomic E-state index is 0.0669. The molecule has 3 N–H and O–H groups in total. The van der Waals surface area contributed by atoms with E-state index in [1.807, 2.05) is 86.6 Å². The van der Waals surface area contributed by atoms with Crippen LogP contribution in [0.15, 0.2) is 138 Å². The van der Waals surface area contributed by atoms with Crippen molar-refractivity contribution in [2.75, 3.05) is 17.7 Å². The molecule has 0 bridgehead atoms. The maximum atomic E-state index is 13.8. The molecule has 5 aromatic carbocycles. The second-order valence-corrected chi connectivity index (χ2v) is 12.0. The lowest BCUT2D eigenvalue weighted by molar-refractivity contribution is -0.116. The van der Waals surface area contributed by atoms with Gasteiger partial charge in [0.05, 0.1) is 7.11 Å². The van der Waals surface area contributed by atoms with E-state index in [1.165, 1.54) is 11.8 Å². The molecule has 7 nitrogen and oxygen atoms in total. The first kappa shape index (κ1) is 32.8. The number of hydrogen-bond acceptors (Lipinski definition) is 5. The lowest BCUT2D eigenvalue weighted by Gasteiger charge is -2.19. The van der Waals surface area contributed by atoms with Gasteiger partial charge in [-0.05, 0) is 84.6 Å². The Labute approximate surface area is 279 Å². The molecule has 0 aliphatic heterocycles. The standard InChI is InChI=1S/C39H35N3O4S/c1-26-12-10-13-27(2)35(26)42-39(45)36(29-14-6-4-7-15-29)47-33-19-11-18-31(25-33)40-38(44)34(24-28-20-22-32(46-3)23-21-28)41-37(43)30-16-8-5-9-17-30/h4-25,36H,1-3H3,(H,40,44)(H,41,43)(H,42,45)/b34-24+. The van der Waals surface area contributed by atoms with Crippen LogP contribution in [0.25, 0.3) is 6.08 Å². The quantitative estimate of drug-likeness (QED) is 0.0998. The van der Waals surface area contributed by atoms with Crippen molar-refractivity contribution in [1.29, 1.82) is 0 Å². The maximum Gasteiger partial charge on any atom is 0.272 e. The number of anilines is 2. The SMILES string of the molecule is COc1ccc(/C=C(/NC(=O)c2ccccc2)C(=O)Nc2cccc(SC(C(=O)Nc3c(C)cccc3C)c3ccccc3)c2)cc1. The summed E-state index contributed by atoms with van der Waals surface area (Å²) in [6.45, 7) is 3.94. The Balaban J connectivity index is 1.39. The van der Waals surface area contributed by atoms with Crippen molar-refractivity contribution in [1.82, 2.24) is 5.32 Å². The summed E-state index contributed by atoms with van der Waals surface area (Å²) in [4.78, 5) is 41.2. The molecule has 0 spiro atoms. The van der Waals surface area contributed by atoms with E-state index in [4.69, 9.17) is 4.74 Å². The highest BCUT2D eigenvalue weighted by molar-refractivity contribution is 8.00. The third-order valence-electron chi connectivity index (χ3n) is 7.37. The molecule has 0 aromatic heterocycles. The maximum absolute atomic E-state index is 13.8. The van der Waals surface area contributed by atoms with Crippen LogP contribution >= 0.6 is 11.8 Å². The smallest absolute Gasteiger partial charge is 0.272 e. The topological polar surface area (TPSA) is 96.5 Å². The van der Waals surface area contributed by atoms with E-state index in [1.54, 1.807) is 67.8 Å². The van der Waals surface area contributed by atoms with Gasteiger partial charge < -0.3 is 20.7 Å². The van der Waals surface area contributed by atoms with E-state index in [2.05, 4.69) is 16.0 Å². The van der Waals surface area contributed by atoms with Crippen LogP contribution in [0.4, 0.5) is 11.4 Å². The van der Waals surface area contributed by atoms with E-state index in [0.717, 1.165) is 27.3 Å². The molecule has 47 heavy (non-hydrogen) atoms. The van der Waals surface area contributed by atoms with Crippen LogP contribution in [-0.4, -0.2) is 24.8 Å². The van der Waals surface area contributed by atoms with Crippen molar-refractivity contribution in [2.24, 2.45) is 0 Å². The highest BCUT2D eigenvalue weighted by Gasteiger charge is 2.24. The number of thioether (sulfide) groups is 1. The van der Waals surface area contributed by atoms with Crippen molar-refractivity contribution >= 4 is 46.9 Å². The molecule has 1 unspecified atom stereocenters. The predicted octanol–water partition coefficient (Wildman–Crippen LogP) is 8.19. The number of methoxy groups -OCH3 is 1. The molecule has 1 atom stereocenters. The summed E-state index contributed by atoms with van der Waals surface area (Å²) in [5.41, 5.74) is 5.32. The number of rotatable bonds is 11. The predicted molar refractivity (Wildman–Crippen MR) is 190 cm³/mol. The molecule has 0 radical (unpaired) electrons. The second kappa shape index (κ2) is 15.6. The van der Waals surface area contributed by atoms with E-state index >= 15 is 0 Å². The van der Waals surface area contributed by atoms with E-state index in [9.17, 15) is 14.4 Å². The number of benzene rings is 5. The number of hydrogen-bond donors (Lipinski definition) is 3. The van der Waals surface area contributed by atoms with Crippen molar-refractivity contribution in [3.8, 4) is 5.75 Å². The van der Waals surface area contributed by atoms with Gasteiger partial charge in [0.1, 0.15) is 16.7 Å². The van der Waals surface area contributed by atoms with Gasteiger partial charge >= 0.3 is 0 Å². The van der Waals surface area contributed by atoms with Gasteiger partial charge in [-0.2, -0.15) is 0 Å². The van der Waals surface area contributed by atoms with Gasteiger partial charge in [-0.3, -0.25) is 14.4 Å². The molecule has 0 aliphatic rings. The zero-order valence-electron chi connectivity index (χ0n) is 26.3. The van der Waals surface area contributed by atoms with E-state index in [0.29, 0.717) is 22.6 Å². The van der Waals surface area contributed by atoms with Crippen LogP contribution in [0, 0.1) is 13.8 Å². The van der Waals surface area contributed by atoms with Gasteiger partial charge in [-0.25, -0.2) is 0 Å². The Hall–Kier alpha value is -5.60. The lowest BCUT2D eigenvalue weighted by atomic mass is 10.1. The van der Waals surface area contributed by atoms with Gasteiger partial charge in [-0.1, -0.05) is 84.9 Å². The molecule has 5 aromatic rings. The Morgan fingerprint density at radius 3 is 2.02 bits per heavy atom. The number of amides is 3. The largest absolute Gasteiger partial charge is 0.497 e. The fraction of sp³-hybridized carbons (Fsp3) is 0.103. The molecular weight excluding hydrogens is 607 g/mol. The summed E-state index contributed by atoms with van der Waals surface area (Å²) in [6.07, 6.45) is 1.61. The Morgan fingerprint density at radius 2 is 1.36 bits per heavy atom. The fourth-order valence-electron chi connectivity index (χ4n) is 4.89. The van der Waals surface area contributed by atoms with Gasteiger partial charge in [0.15, 0.2) is 0 Å². The molecule has 0 heterocycles. The zero-order valence-corrected chi connectivity index (χ0v) is 27.1. The Kier molecular flexibility index (Phi) is 10.9. The highest BCUT2D eigenvalue weighted by Crippen LogP contribution is 2.37. The van der Waals surface area contributed by atoms with Crippen LogP contribution in [0.5, 0.6) is 5.75 Å². The van der Waals surface area contributed by atoms with Gasteiger partial charge in [0.2, 0.25) is 5.91 Å². The third-order valence-corrected chi connectivity index (χ3v) is 8.62. The number of carbonyl (C=O) groups excluding carboxylic acids is 3. The molecule has 5 rings (SSSR count). The fourth-order valence-corrected chi connectivity index (χ4v) is 5.98. The second-order valence-electron chi connectivity index (χ2n) is 10.8. The Bertz CT molecular complexity index is 1870. The third kappa shape index (κ3) is 8.77. The van der Waals surface area contributed by atoms with Crippen LogP contribution in [0.3, 0.4) is 0 Å². The van der Waals surface area contributed by atoms with Crippen LogP contribution in [-0.2, 0) is 9.59 Å². The number of ether oxygens (including phenoxy) is 1. The average Bonchev–Trinajstić information content (AvgIpc) is 3.09. The minimum Gasteiger partial charge on any atom is -0.497 e. The Morgan fingerprint density at radius 1 is 0.723 bits per heavy atom. The molecule has 0 saturated carbocycles. The van der Waals surface area contributed by atoms with Gasteiger partial charge in [0.25, 0.3) is 11.8 Å². The zero-order chi connectivity index (χ0) is 33.2. The van der Waals surface area contributed by atoms with Gasteiger partial charge in [0, 0.05) is 21.8 Å². The number of nitrogens with one attached hydrogen (secondary N) is 3. The summed E-state index contributed by atoms with van der Waals surface area (Å²) < 4.78 is 5.25. The number of carbonyl (C=O) groups is 3. The van der Waals surface area contributed by atoms with E-state index < -0.39 is 17.1 Å².